The maximum Gasteiger partial charge on any atom is 0.0458 e. The Hall–Kier alpha value is -0.318. The summed E-state index contributed by atoms with van der Waals surface area (Å²) in [7, 11) is 0. The van der Waals surface area contributed by atoms with Gasteiger partial charge >= 0.3 is 27.3 Å². The smallest absolute Gasteiger partial charge is 0.0458 e. The van der Waals surface area contributed by atoms with Crippen LogP contribution >= 0.6 is 0 Å². The molecule has 72 valence electrons. The number of H-pyrrole nitrogens is 1. The first-order valence-electron chi connectivity index (χ1n) is 5.03. The number of fused-ring (bicyclic) bond motifs is 3. The van der Waals surface area contributed by atoms with Gasteiger partial charge < -0.3 is 4.98 Å². The van der Waals surface area contributed by atoms with Gasteiger partial charge in [0.05, 0.1) is 0 Å². The molecular formula is C12H15NPb. The molecule has 0 atom stereocenters. The minimum Gasteiger partial charge on any atom is -0.358 e. The van der Waals surface area contributed by atoms with Crippen LogP contribution in [0.4, 0.5) is 0 Å². The Morgan fingerprint density at radius 1 is 1.00 bits per heavy atom. The van der Waals surface area contributed by atoms with Crippen LogP contribution in [0, 0.1) is 0 Å². The van der Waals surface area contributed by atoms with Crippen LogP contribution in [0.15, 0.2) is 24.3 Å². The summed E-state index contributed by atoms with van der Waals surface area (Å²) in [6.07, 6.45) is 5.21. The van der Waals surface area contributed by atoms with Gasteiger partial charge in [0.2, 0.25) is 0 Å². The molecule has 0 saturated heterocycles. The van der Waals surface area contributed by atoms with Crippen molar-refractivity contribution >= 4 is 38.2 Å². The average Bonchev–Trinajstić information content (AvgIpc) is 2.56. The molecule has 1 nitrogen and oxygen atoms in total. The number of hydrogen-bond acceptors (Lipinski definition) is 0. The van der Waals surface area contributed by atoms with Gasteiger partial charge in [0.1, 0.15) is 0 Å². The van der Waals surface area contributed by atoms with Crippen molar-refractivity contribution in [3.05, 3.63) is 35.5 Å². The SMILES string of the molecule is [PbH2].c1ccc2c3c([nH]c2c1)CCCC3. The Bertz CT molecular complexity index is 445. The van der Waals surface area contributed by atoms with Crippen LogP contribution in [-0.4, -0.2) is 32.3 Å². The Balaban J connectivity index is 0.000000750. The topological polar surface area (TPSA) is 15.8 Å². The zero-order chi connectivity index (χ0) is 8.67. The molecule has 2 heteroatoms. The van der Waals surface area contributed by atoms with Crippen molar-refractivity contribution in [2.75, 3.05) is 0 Å². The fourth-order valence-corrected chi connectivity index (χ4v) is 2.36. The van der Waals surface area contributed by atoms with Crippen LogP contribution in [0.5, 0.6) is 0 Å². The van der Waals surface area contributed by atoms with E-state index in [-0.39, 0.29) is 27.3 Å². The van der Waals surface area contributed by atoms with Gasteiger partial charge in [-0.2, -0.15) is 0 Å². The van der Waals surface area contributed by atoms with Crippen LogP contribution < -0.4 is 0 Å². The normalized spacial score (nSPS) is 14.9. The molecule has 1 aliphatic carbocycles. The van der Waals surface area contributed by atoms with Crippen molar-refractivity contribution in [2.24, 2.45) is 0 Å². The molecule has 2 radical (unpaired) electrons. The first kappa shape index (κ1) is 10.2. The molecule has 14 heavy (non-hydrogen) atoms. The third-order valence-electron chi connectivity index (χ3n) is 3.01. The van der Waals surface area contributed by atoms with Crippen LogP contribution in [0.25, 0.3) is 10.9 Å². The molecule has 1 aliphatic rings. The van der Waals surface area contributed by atoms with Crippen molar-refractivity contribution in [1.29, 1.82) is 0 Å². The quantitative estimate of drug-likeness (QED) is 0.674. The fraction of sp³-hybridized carbons (Fsp3) is 0.333. The summed E-state index contributed by atoms with van der Waals surface area (Å²) >= 11 is 0. The summed E-state index contributed by atoms with van der Waals surface area (Å²) in [5.74, 6) is 0. The van der Waals surface area contributed by atoms with Crippen molar-refractivity contribution in [1.82, 2.24) is 4.98 Å². The van der Waals surface area contributed by atoms with E-state index in [2.05, 4.69) is 29.2 Å². The van der Waals surface area contributed by atoms with Gasteiger partial charge in [0.15, 0.2) is 0 Å². The Morgan fingerprint density at radius 3 is 2.71 bits per heavy atom. The number of aromatic amines is 1. The molecule has 0 spiro atoms. The van der Waals surface area contributed by atoms with Crippen molar-refractivity contribution in [3.8, 4) is 0 Å². The minimum absolute atomic E-state index is 0. The Labute approximate surface area is 104 Å². The number of rotatable bonds is 0. The molecular weight excluding hydrogens is 365 g/mol. The number of hydrogen-bond donors (Lipinski definition) is 1. The second-order valence-electron chi connectivity index (χ2n) is 3.83. The van der Waals surface area contributed by atoms with Crippen molar-refractivity contribution < 1.29 is 0 Å². The van der Waals surface area contributed by atoms with E-state index in [9.17, 15) is 0 Å². The molecule has 0 saturated carbocycles. The molecule has 1 N–H and O–H groups in total. The maximum atomic E-state index is 3.52. The predicted molar refractivity (Wildman–Crippen MR) is 63.5 cm³/mol. The molecule has 0 amide bonds. The predicted octanol–water partition coefficient (Wildman–Crippen LogP) is 2.13. The summed E-state index contributed by atoms with van der Waals surface area (Å²) in [5.41, 5.74) is 4.36. The summed E-state index contributed by atoms with van der Waals surface area (Å²) in [6, 6.07) is 8.64. The van der Waals surface area contributed by atoms with Gasteiger partial charge in [-0.3, -0.25) is 0 Å². The van der Waals surface area contributed by atoms with Gasteiger partial charge in [-0.05, 0) is 37.3 Å². The summed E-state index contributed by atoms with van der Waals surface area (Å²) in [5, 5.41) is 1.44. The first-order chi connectivity index (χ1) is 6.45. The van der Waals surface area contributed by atoms with Crippen LogP contribution in [0.2, 0.25) is 0 Å². The molecule has 1 aromatic heterocycles. The molecule has 0 bridgehead atoms. The van der Waals surface area contributed by atoms with E-state index in [1.807, 2.05) is 0 Å². The number of nitrogens with one attached hydrogen (secondary N) is 1. The van der Waals surface area contributed by atoms with Gasteiger partial charge in [0, 0.05) is 16.6 Å². The van der Waals surface area contributed by atoms with E-state index in [0.29, 0.717) is 0 Å². The van der Waals surface area contributed by atoms with Gasteiger partial charge in [-0.15, -0.1) is 0 Å². The van der Waals surface area contributed by atoms with Crippen LogP contribution in [0.3, 0.4) is 0 Å². The molecule has 2 aromatic rings. The molecule has 0 fully saturated rings. The number of benzene rings is 1. The molecule has 1 heterocycles. The second kappa shape index (κ2) is 4.05. The van der Waals surface area contributed by atoms with Crippen molar-refractivity contribution in [2.45, 2.75) is 25.7 Å². The summed E-state index contributed by atoms with van der Waals surface area (Å²) in [6.45, 7) is 0. The van der Waals surface area contributed by atoms with E-state index in [1.54, 1.807) is 5.56 Å². The monoisotopic (exact) mass is 381 g/mol. The fourth-order valence-electron chi connectivity index (χ4n) is 2.36. The van der Waals surface area contributed by atoms with Gasteiger partial charge in [0.25, 0.3) is 0 Å². The van der Waals surface area contributed by atoms with Crippen LogP contribution in [0.1, 0.15) is 24.1 Å². The first-order valence-corrected chi connectivity index (χ1v) is 5.03. The van der Waals surface area contributed by atoms with E-state index in [0.717, 1.165) is 0 Å². The standard InChI is InChI=1S/C12H13N.Pb.2H/c1-3-7-11-9(5-1)10-6-2-4-8-12(10)13-11;;;/h1,3,5,7,13H,2,4,6,8H2;;;. The third-order valence-corrected chi connectivity index (χ3v) is 3.01. The largest absolute Gasteiger partial charge is 0.358 e. The number of aryl methyl sites for hydroxylation is 2. The van der Waals surface area contributed by atoms with Crippen molar-refractivity contribution in [3.63, 3.8) is 0 Å². The van der Waals surface area contributed by atoms with E-state index in [1.165, 1.54) is 42.3 Å². The average molecular weight is 380 g/mol. The summed E-state index contributed by atoms with van der Waals surface area (Å²) in [4.78, 5) is 3.52. The third kappa shape index (κ3) is 1.51. The maximum absolute atomic E-state index is 3.52. The number of para-hydroxylation sites is 1. The summed E-state index contributed by atoms with van der Waals surface area (Å²) < 4.78 is 0. The van der Waals surface area contributed by atoms with E-state index >= 15 is 0 Å². The zero-order valence-electron chi connectivity index (χ0n) is 8.34. The van der Waals surface area contributed by atoms with Crippen LogP contribution in [-0.2, 0) is 12.8 Å². The van der Waals surface area contributed by atoms with Gasteiger partial charge in [-0.25, -0.2) is 0 Å². The zero-order valence-corrected chi connectivity index (χ0v) is 13.8. The van der Waals surface area contributed by atoms with Gasteiger partial charge in [-0.1, -0.05) is 18.2 Å². The molecule has 0 aliphatic heterocycles. The number of aromatic nitrogens is 1. The molecule has 1 aromatic carbocycles. The Kier molecular flexibility index (Phi) is 2.95. The van der Waals surface area contributed by atoms with E-state index < -0.39 is 0 Å². The second-order valence-corrected chi connectivity index (χ2v) is 3.83. The Morgan fingerprint density at radius 2 is 1.79 bits per heavy atom. The van der Waals surface area contributed by atoms with E-state index in [4.69, 9.17) is 0 Å². The molecule has 3 rings (SSSR count). The molecule has 0 unspecified atom stereocenters. The minimum atomic E-state index is 0.